The van der Waals surface area contributed by atoms with Crippen LogP contribution in [0.4, 0.5) is 17.3 Å². The maximum absolute atomic E-state index is 9.75. The van der Waals surface area contributed by atoms with E-state index in [4.69, 9.17) is 0 Å². The Morgan fingerprint density at radius 1 is 1.21 bits per heavy atom. The Labute approximate surface area is 107 Å². The van der Waals surface area contributed by atoms with Crippen molar-refractivity contribution in [3.8, 4) is 0 Å². The number of H-pyrrole nitrogens is 1. The maximum Gasteiger partial charge on any atom is 0.673 e. The summed E-state index contributed by atoms with van der Waals surface area (Å²) in [5.41, 5.74) is 1.14. The first kappa shape index (κ1) is 14.9. The van der Waals surface area contributed by atoms with Crippen molar-refractivity contribution >= 4 is 19.4 Å². The largest absolute Gasteiger partial charge is 0.673 e. The summed E-state index contributed by atoms with van der Waals surface area (Å²) in [6.07, 6.45) is 9.55. The number of hydrogen-bond acceptors (Lipinski definition) is 1. The van der Waals surface area contributed by atoms with Crippen molar-refractivity contribution in [2.75, 3.05) is 0 Å². The topological polar surface area (TPSA) is 32.6 Å². The number of pyridine rings is 1. The molecule has 0 spiro atoms. The van der Waals surface area contributed by atoms with E-state index in [9.17, 15) is 17.3 Å². The van der Waals surface area contributed by atoms with Gasteiger partial charge in [-0.1, -0.05) is 0 Å². The van der Waals surface area contributed by atoms with Crippen molar-refractivity contribution in [1.82, 2.24) is 9.97 Å². The molecule has 102 valence electrons. The number of hydrogen-bond donors (Lipinski definition) is 1. The highest BCUT2D eigenvalue weighted by Gasteiger charge is 2.20. The zero-order valence-corrected chi connectivity index (χ0v) is 10.1. The summed E-state index contributed by atoms with van der Waals surface area (Å²) < 4.78 is 41.1. The van der Waals surface area contributed by atoms with Gasteiger partial charge in [-0.05, 0) is 12.1 Å². The molecule has 2 aromatic heterocycles. The molecule has 0 aliphatic carbocycles. The molecule has 0 saturated heterocycles. The first-order valence-electron chi connectivity index (χ1n) is 5.36. The Bertz CT molecular complexity index is 517. The Morgan fingerprint density at radius 3 is 2.42 bits per heavy atom. The van der Waals surface area contributed by atoms with Crippen molar-refractivity contribution in [3.63, 3.8) is 0 Å². The van der Waals surface area contributed by atoms with Crippen LogP contribution in [0, 0.1) is 0 Å². The van der Waals surface area contributed by atoms with Crippen LogP contribution >= 0.6 is 0 Å². The summed E-state index contributed by atoms with van der Waals surface area (Å²) in [5, 5.41) is 0. The van der Waals surface area contributed by atoms with E-state index in [1.165, 1.54) is 0 Å². The smallest absolute Gasteiger partial charge is 0.418 e. The van der Waals surface area contributed by atoms with E-state index < -0.39 is 7.25 Å². The molecule has 8 heteroatoms. The lowest BCUT2D eigenvalue weighted by Crippen LogP contribution is -2.30. The Hall–Kier alpha value is -2.12. The van der Waals surface area contributed by atoms with Gasteiger partial charge in [0.25, 0.3) is 0 Å². The van der Waals surface area contributed by atoms with Crippen LogP contribution in [0.5, 0.6) is 0 Å². The lowest BCUT2D eigenvalue weighted by atomic mass is 10.3. The second kappa shape index (κ2) is 6.72. The second-order valence-corrected chi connectivity index (χ2v) is 3.54. The van der Waals surface area contributed by atoms with Gasteiger partial charge < -0.3 is 22.2 Å². The molecule has 0 atom stereocenters. The summed E-state index contributed by atoms with van der Waals surface area (Å²) in [7, 11) is -3.98. The van der Waals surface area contributed by atoms with Crippen LogP contribution in [0.15, 0.2) is 36.8 Å². The van der Waals surface area contributed by atoms with Gasteiger partial charge in [0.15, 0.2) is 6.20 Å². The number of nitrogens with zero attached hydrogens (tertiary/aromatic N) is 2. The highest BCUT2D eigenvalue weighted by Crippen LogP contribution is 2.06. The molecule has 0 aromatic carbocycles. The van der Waals surface area contributed by atoms with Gasteiger partial charge in [-0.3, -0.25) is 0 Å². The van der Waals surface area contributed by atoms with Crippen molar-refractivity contribution in [2.24, 2.45) is 7.05 Å². The van der Waals surface area contributed by atoms with Gasteiger partial charge in [0.2, 0.25) is 5.69 Å². The summed E-state index contributed by atoms with van der Waals surface area (Å²) in [6, 6.07) is 6.07. The number of aromatic amines is 1. The standard InChI is InChI=1S/C11H11N3.BF4/c1-14-9-3-2-4-10(14)5-6-11-12-7-8-13-11;2-1(3,4)5/h2-9H,1H3;/q;-1/p+1. The van der Waals surface area contributed by atoms with Crippen molar-refractivity contribution in [2.45, 2.75) is 0 Å². The van der Waals surface area contributed by atoms with Crippen molar-refractivity contribution in [1.29, 1.82) is 0 Å². The molecule has 0 radical (unpaired) electrons. The number of imidazole rings is 1. The zero-order chi connectivity index (χ0) is 14.3. The lowest BCUT2D eigenvalue weighted by molar-refractivity contribution is -0.673. The molecule has 1 N–H and O–H groups in total. The molecule has 0 fully saturated rings. The number of aromatic nitrogens is 3. The third-order valence-corrected chi connectivity index (χ3v) is 2.03. The fourth-order valence-corrected chi connectivity index (χ4v) is 1.24. The van der Waals surface area contributed by atoms with E-state index in [2.05, 4.69) is 20.6 Å². The monoisotopic (exact) mass is 273 g/mol. The predicted molar refractivity (Wildman–Crippen MR) is 65.3 cm³/mol. The van der Waals surface area contributed by atoms with Crippen LogP contribution in [0.2, 0.25) is 0 Å². The van der Waals surface area contributed by atoms with Crippen molar-refractivity contribution < 1.29 is 21.8 Å². The van der Waals surface area contributed by atoms with Crippen molar-refractivity contribution in [3.05, 3.63) is 48.3 Å². The third-order valence-electron chi connectivity index (χ3n) is 2.03. The van der Waals surface area contributed by atoms with E-state index in [-0.39, 0.29) is 0 Å². The zero-order valence-electron chi connectivity index (χ0n) is 10.1. The maximum atomic E-state index is 9.75. The van der Waals surface area contributed by atoms with Gasteiger partial charge in [0, 0.05) is 30.6 Å². The van der Waals surface area contributed by atoms with Crippen LogP contribution in [-0.2, 0) is 7.05 Å². The van der Waals surface area contributed by atoms with Gasteiger partial charge in [-0.2, -0.15) is 0 Å². The van der Waals surface area contributed by atoms with E-state index in [1.807, 2.05) is 43.7 Å². The first-order valence-corrected chi connectivity index (χ1v) is 5.36. The van der Waals surface area contributed by atoms with Gasteiger partial charge >= 0.3 is 7.25 Å². The second-order valence-electron chi connectivity index (χ2n) is 3.54. The average molecular weight is 273 g/mol. The minimum Gasteiger partial charge on any atom is -0.418 e. The molecule has 2 rings (SSSR count). The van der Waals surface area contributed by atoms with Crippen LogP contribution in [0.1, 0.15) is 11.5 Å². The fraction of sp³-hybridized carbons (Fsp3) is 0.0909. The van der Waals surface area contributed by atoms with Crippen LogP contribution in [-0.4, -0.2) is 17.2 Å². The molecule has 0 bridgehead atoms. The number of nitrogens with one attached hydrogen (secondary N) is 1. The van der Waals surface area contributed by atoms with E-state index in [0.29, 0.717) is 0 Å². The molecule has 0 amide bonds. The van der Waals surface area contributed by atoms with Gasteiger partial charge in [0.05, 0.1) is 0 Å². The van der Waals surface area contributed by atoms with Crippen LogP contribution < -0.4 is 4.57 Å². The minimum atomic E-state index is -6.00. The average Bonchev–Trinajstić information content (AvgIpc) is 2.78. The Kier molecular flexibility index (Phi) is 5.29. The van der Waals surface area contributed by atoms with Gasteiger partial charge in [0.1, 0.15) is 12.9 Å². The molecule has 19 heavy (non-hydrogen) atoms. The quantitative estimate of drug-likeness (QED) is 0.509. The summed E-state index contributed by atoms with van der Waals surface area (Å²) >= 11 is 0. The summed E-state index contributed by atoms with van der Waals surface area (Å²) in [4.78, 5) is 7.13. The predicted octanol–water partition coefficient (Wildman–Crippen LogP) is 2.70. The minimum absolute atomic E-state index is 0.869. The fourth-order valence-electron chi connectivity index (χ4n) is 1.24. The third kappa shape index (κ3) is 7.02. The number of rotatable bonds is 2. The van der Waals surface area contributed by atoms with Gasteiger partial charge in [-0.15, -0.1) is 0 Å². The molecule has 0 saturated carbocycles. The highest BCUT2D eigenvalue weighted by atomic mass is 19.5. The molecule has 2 aromatic rings. The Balaban J connectivity index is 0.000000312. The summed E-state index contributed by atoms with van der Waals surface area (Å²) in [6.45, 7) is 0. The lowest BCUT2D eigenvalue weighted by Gasteiger charge is -1.94. The molecule has 0 aliphatic heterocycles. The van der Waals surface area contributed by atoms with Gasteiger partial charge in [-0.25, -0.2) is 9.55 Å². The van der Waals surface area contributed by atoms with Crippen LogP contribution in [0.25, 0.3) is 12.2 Å². The number of halogens is 4. The van der Waals surface area contributed by atoms with E-state index in [1.54, 1.807) is 6.20 Å². The first-order chi connectivity index (χ1) is 8.86. The normalized spacial score (nSPS) is 11.2. The van der Waals surface area contributed by atoms with Crippen LogP contribution in [0.3, 0.4) is 0 Å². The SMILES string of the molecule is C[n+]1ccccc1/C=C/c1ncc[nH]1.F[B-](F)(F)F. The molecule has 0 aliphatic rings. The molecular formula is C11H12BF4N3. The number of aryl methyl sites for hydroxylation is 1. The van der Waals surface area contributed by atoms with E-state index in [0.717, 1.165) is 11.5 Å². The van der Waals surface area contributed by atoms with E-state index >= 15 is 0 Å². The summed E-state index contributed by atoms with van der Waals surface area (Å²) in [5.74, 6) is 0.869. The molecular weight excluding hydrogens is 261 g/mol. The highest BCUT2D eigenvalue weighted by molar-refractivity contribution is 6.50. The molecule has 2 heterocycles. The Morgan fingerprint density at radius 2 is 1.89 bits per heavy atom. The molecule has 3 nitrogen and oxygen atoms in total. The molecule has 0 unspecified atom stereocenters.